The van der Waals surface area contributed by atoms with Crippen LogP contribution in [0.5, 0.6) is 17.2 Å². The average Bonchev–Trinajstić information content (AvgIpc) is 2.14. The van der Waals surface area contributed by atoms with Crippen molar-refractivity contribution in [2.24, 2.45) is 0 Å². The predicted octanol–water partition coefficient (Wildman–Crippen LogP) is 1.06. The van der Waals surface area contributed by atoms with Crippen LogP contribution in [0.25, 0.3) is 0 Å². The summed E-state index contributed by atoms with van der Waals surface area (Å²) < 4.78 is 9.43. The Kier molecular flexibility index (Phi) is 3.82. The molecule has 1 rings (SSSR count). The molecule has 0 saturated heterocycles. The van der Waals surface area contributed by atoms with Crippen molar-refractivity contribution < 1.29 is 29.0 Å². The van der Waals surface area contributed by atoms with Crippen LogP contribution in [-0.4, -0.2) is 23.3 Å². The summed E-state index contributed by atoms with van der Waals surface area (Å²) in [5.41, 5.74) is -0.184. The van der Waals surface area contributed by atoms with Crippen molar-refractivity contribution in [1.82, 2.24) is 0 Å². The molecule has 1 aromatic carbocycles. The molecule has 0 atom stereocenters. The van der Waals surface area contributed by atoms with Crippen LogP contribution in [-0.2, 0) is 9.59 Å². The molecular formula is C11H10O6. The van der Waals surface area contributed by atoms with Gasteiger partial charge in [0.05, 0.1) is 5.56 Å². The average molecular weight is 241 g/mol. The molecule has 0 radical (unpaired) electrons. The summed E-state index contributed by atoms with van der Waals surface area (Å²) >= 11 is 0. The summed E-state index contributed by atoms with van der Waals surface area (Å²) in [7, 11) is 0. The molecule has 0 saturated carbocycles. The first-order valence-electron chi connectivity index (χ1n) is 4.63. The van der Waals surface area contributed by atoms with Crippen LogP contribution in [0.4, 0.5) is 0 Å². The minimum atomic E-state index is -0.660. The first-order chi connectivity index (χ1) is 7.93. The highest BCUT2D eigenvalue weighted by Crippen LogP contribution is 2.32. The van der Waals surface area contributed by atoms with E-state index < -0.39 is 17.7 Å². The van der Waals surface area contributed by atoms with Gasteiger partial charge in [0.25, 0.3) is 0 Å². The molecule has 6 nitrogen and oxygen atoms in total. The molecule has 0 fully saturated rings. The second-order valence-corrected chi connectivity index (χ2v) is 3.16. The summed E-state index contributed by atoms with van der Waals surface area (Å²) in [5, 5.41) is 9.48. The maximum Gasteiger partial charge on any atom is 0.308 e. The zero-order valence-electron chi connectivity index (χ0n) is 9.22. The molecule has 0 spiro atoms. The summed E-state index contributed by atoms with van der Waals surface area (Å²) in [6.45, 7) is 2.32. The van der Waals surface area contributed by atoms with E-state index in [1.165, 1.54) is 13.0 Å². The lowest BCUT2D eigenvalue weighted by Crippen LogP contribution is -2.06. The molecule has 17 heavy (non-hydrogen) atoms. The van der Waals surface area contributed by atoms with Crippen LogP contribution in [0, 0.1) is 0 Å². The van der Waals surface area contributed by atoms with Gasteiger partial charge in [0.15, 0.2) is 6.29 Å². The molecule has 0 unspecified atom stereocenters. The Morgan fingerprint density at radius 2 is 1.76 bits per heavy atom. The zero-order chi connectivity index (χ0) is 13.0. The van der Waals surface area contributed by atoms with Crippen molar-refractivity contribution in [1.29, 1.82) is 0 Å². The van der Waals surface area contributed by atoms with Crippen molar-refractivity contribution in [3.63, 3.8) is 0 Å². The minimum Gasteiger partial charge on any atom is -0.507 e. The van der Waals surface area contributed by atoms with Crippen LogP contribution in [0.3, 0.4) is 0 Å². The van der Waals surface area contributed by atoms with Gasteiger partial charge in [-0.05, 0) is 0 Å². The molecule has 0 aliphatic heterocycles. The zero-order valence-corrected chi connectivity index (χ0v) is 9.22. The smallest absolute Gasteiger partial charge is 0.308 e. The number of hydrogen-bond donors (Lipinski definition) is 1. The molecule has 0 aromatic heterocycles. The van der Waals surface area contributed by atoms with Crippen molar-refractivity contribution in [2.45, 2.75) is 13.8 Å². The van der Waals surface area contributed by atoms with Gasteiger partial charge in [-0.3, -0.25) is 14.4 Å². The Morgan fingerprint density at radius 1 is 1.18 bits per heavy atom. The summed E-state index contributed by atoms with van der Waals surface area (Å²) in [4.78, 5) is 32.2. The van der Waals surface area contributed by atoms with Crippen molar-refractivity contribution in [3.8, 4) is 17.2 Å². The van der Waals surface area contributed by atoms with Gasteiger partial charge in [0, 0.05) is 26.0 Å². The Balaban J connectivity index is 3.22. The lowest BCUT2D eigenvalue weighted by molar-refractivity contribution is -0.132. The molecule has 0 heterocycles. The van der Waals surface area contributed by atoms with E-state index in [2.05, 4.69) is 0 Å². The fourth-order valence-electron chi connectivity index (χ4n) is 1.17. The Hall–Kier alpha value is -2.37. The van der Waals surface area contributed by atoms with Crippen LogP contribution >= 0.6 is 0 Å². The second kappa shape index (κ2) is 5.11. The first-order valence-corrected chi connectivity index (χ1v) is 4.63. The van der Waals surface area contributed by atoms with E-state index in [1.54, 1.807) is 0 Å². The third-order valence-electron chi connectivity index (χ3n) is 1.73. The van der Waals surface area contributed by atoms with E-state index in [0.29, 0.717) is 6.29 Å². The number of aromatic hydroxyl groups is 1. The van der Waals surface area contributed by atoms with Crippen LogP contribution in [0.1, 0.15) is 24.2 Å². The normalized spacial score (nSPS) is 9.53. The van der Waals surface area contributed by atoms with E-state index in [0.717, 1.165) is 13.0 Å². The molecular weight excluding hydrogens is 231 g/mol. The highest BCUT2D eigenvalue weighted by atomic mass is 16.6. The molecule has 0 aliphatic rings. The number of rotatable bonds is 3. The number of ether oxygens (including phenoxy) is 2. The SMILES string of the molecule is CC(=O)Oc1[13cH]c(O)[13c](C=O)c(OC(C)=O)[13cH]1. The Morgan fingerprint density at radius 3 is 2.24 bits per heavy atom. The number of aldehydes is 1. The quantitative estimate of drug-likeness (QED) is 0.483. The third-order valence-corrected chi connectivity index (χ3v) is 1.73. The summed E-state index contributed by atoms with van der Waals surface area (Å²) in [6.07, 6.45) is 0.338. The Bertz CT molecular complexity index is 477. The topological polar surface area (TPSA) is 89.9 Å². The lowest BCUT2D eigenvalue weighted by Gasteiger charge is -2.09. The number of phenols is 1. The van der Waals surface area contributed by atoms with E-state index in [9.17, 15) is 19.5 Å². The fourth-order valence-corrected chi connectivity index (χ4v) is 1.17. The van der Waals surface area contributed by atoms with Crippen molar-refractivity contribution in [3.05, 3.63) is 17.7 Å². The molecule has 0 aliphatic carbocycles. The van der Waals surface area contributed by atoms with Crippen LogP contribution in [0.15, 0.2) is 12.1 Å². The van der Waals surface area contributed by atoms with Gasteiger partial charge < -0.3 is 14.6 Å². The van der Waals surface area contributed by atoms with Gasteiger partial charge in [-0.2, -0.15) is 0 Å². The number of carbonyl (C=O) groups excluding carboxylic acids is 3. The van der Waals surface area contributed by atoms with Gasteiger partial charge in [-0.1, -0.05) is 0 Å². The molecule has 6 heteroatoms. The monoisotopic (exact) mass is 241 g/mol. The van der Waals surface area contributed by atoms with E-state index >= 15 is 0 Å². The second-order valence-electron chi connectivity index (χ2n) is 3.16. The highest BCUT2D eigenvalue weighted by molar-refractivity contribution is 5.86. The molecule has 1 aromatic rings. The van der Waals surface area contributed by atoms with Crippen LogP contribution < -0.4 is 9.47 Å². The maximum absolute atomic E-state index is 10.8. The standard InChI is InChI=1S/C11H10O6/c1-6(13)16-8-3-10(15)9(5-12)11(4-8)17-7(2)14/h3-5,15H,1-2H3/i3+1,4+1,9+1. The first kappa shape index (κ1) is 12.7. The summed E-state index contributed by atoms with van der Waals surface area (Å²) in [5.74, 6) is -1.87. The fraction of sp³-hybridized carbons (Fsp3) is 0.182. The Labute approximate surface area is 96.8 Å². The highest BCUT2D eigenvalue weighted by Gasteiger charge is 2.14. The van der Waals surface area contributed by atoms with Gasteiger partial charge in [-0.25, -0.2) is 0 Å². The van der Waals surface area contributed by atoms with Crippen LogP contribution in [0.2, 0.25) is 0 Å². The summed E-state index contributed by atoms with van der Waals surface area (Å²) in [6, 6.07) is 2.25. The molecule has 1 N–H and O–H groups in total. The number of hydrogen-bond acceptors (Lipinski definition) is 6. The van der Waals surface area contributed by atoms with Gasteiger partial charge >= 0.3 is 11.9 Å². The van der Waals surface area contributed by atoms with E-state index in [1.807, 2.05) is 0 Å². The van der Waals surface area contributed by atoms with Gasteiger partial charge in [0.1, 0.15) is 17.2 Å². The third kappa shape index (κ3) is 3.30. The van der Waals surface area contributed by atoms with Crippen molar-refractivity contribution in [2.75, 3.05) is 0 Å². The number of benzene rings is 1. The van der Waals surface area contributed by atoms with E-state index in [4.69, 9.17) is 9.47 Å². The number of esters is 2. The van der Waals surface area contributed by atoms with Crippen molar-refractivity contribution >= 4 is 18.2 Å². The maximum atomic E-state index is 10.8. The molecule has 0 amide bonds. The van der Waals surface area contributed by atoms with Gasteiger partial charge in [0.2, 0.25) is 0 Å². The molecule has 90 valence electrons. The lowest BCUT2D eigenvalue weighted by atomic mass is 10.5. The largest absolute Gasteiger partial charge is 0.507 e. The number of phenolic OH excluding ortho intramolecular Hbond substituents is 1. The predicted molar refractivity (Wildman–Crippen MR) is 56.1 cm³/mol. The number of carbonyl (C=O) groups is 3. The van der Waals surface area contributed by atoms with E-state index in [-0.39, 0.29) is 17.1 Å². The minimum absolute atomic E-state index is 0.0168. The molecule has 0 bridgehead atoms. The van der Waals surface area contributed by atoms with Gasteiger partial charge in [-0.15, -0.1) is 0 Å².